The van der Waals surface area contributed by atoms with Crippen molar-refractivity contribution < 1.29 is 65.8 Å². The zero-order valence-electron chi connectivity index (χ0n) is 29.9. The van der Waals surface area contributed by atoms with Crippen molar-refractivity contribution in [1.29, 1.82) is 0 Å². The van der Waals surface area contributed by atoms with Crippen LogP contribution in [0.2, 0.25) is 0 Å². The smallest absolute Gasteiger partial charge is 0.480 e. The molecule has 2 aliphatic heterocycles. The van der Waals surface area contributed by atoms with Crippen LogP contribution >= 0.6 is 0 Å². The number of aryl methyl sites for hydroxylation is 1. The van der Waals surface area contributed by atoms with Gasteiger partial charge in [-0.1, -0.05) is 25.1 Å². The number of rotatable bonds is 10. The number of carbonyl (C=O) groups excluding carboxylic acids is 1. The van der Waals surface area contributed by atoms with Crippen LogP contribution in [-0.2, 0) is 27.2 Å². The quantitative estimate of drug-likeness (QED) is 0.0803. The highest BCUT2D eigenvalue weighted by Gasteiger charge is 2.39. The molecule has 1 saturated heterocycles. The summed E-state index contributed by atoms with van der Waals surface area (Å²) in [6, 6.07) is 7.75. The molecular formula is C33H37F6N9O9. The second-order valence-electron chi connectivity index (χ2n) is 12.2. The largest absolute Gasteiger partial charge is 0.490 e. The first-order chi connectivity index (χ1) is 26.7. The molecule has 57 heavy (non-hydrogen) atoms. The standard InChI is InChI=1S/C29H35N9O5.2C2HF3O2/c1-2-20-26(31-16-23(28(39)40)36-29(41)35-22-7-3-4-8-24(22)38(42)43)32-17-33-27(20)37-14-11-18(12-15-37)21-10-9-19-6-5-13-30-25(19)34-21;2*3-2(4,5)1(6)7/h3-4,7-10,17-18,23H,2,5-6,11-16H2,1H3,(H,30,34)(H,39,40)(H,31,32,33)(H2,35,36,41);2*(H,6,7). The molecule has 1 unspecified atom stereocenters. The number of amides is 2. The first-order valence-electron chi connectivity index (χ1n) is 16.9. The number of nitro benzene ring substituents is 1. The van der Waals surface area contributed by atoms with Crippen LogP contribution in [0.4, 0.5) is 60.0 Å². The number of benzene rings is 1. The number of hydrogen-bond acceptors (Lipinski definition) is 12. The summed E-state index contributed by atoms with van der Waals surface area (Å²) in [5, 5.41) is 46.4. The van der Waals surface area contributed by atoms with Crippen molar-refractivity contribution in [3.05, 3.63) is 69.7 Å². The Balaban J connectivity index is 0.000000531. The third-order valence-electron chi connectivity index (χ3n) is 8.32. The zero-order valence-corrected chi connectivity index (χ0v) is 29.9. The molecule has 7 N–H and O–H groups in total. The Kier molecular flexibility index (Phi) is 15.7. The van der Waals surface area contributed by atoms with Crippen molar-refractivity contribution in [3.63, 3.8) is 0 Å². The number of para-hydroxylation sites is 2. The maximum Gasteiger partial charge on any atom is 0.490 e. The van der Waals surface area contributed by atoms with Gasteiger partial charge in [0.15, 0.2) is 0 Å². The number of fused-ring (bicyclic) bond motifs is 1. The Morgan fingerprint density at radius 3 is 2.16 bits per heavy atom. The molecule has 2 aliphatic rings. The number of alkyl halides is 6. The minimum absolute atomic E-state index is 0.0429. The van der Waals surface area contributed by atoms with Crippen LogP contribution in [0.25, 0.3) is 0 Å². The highest BCUT2D eigenvalue weighted by atomic mass is 19.4. The number of halogens is 6. The normalized spacial score (nSPS) is 14.5. The van der Waals surface area contributed by atoms with Crippen LogP contribution in [-0.4, -0.2) is 104 Å². The summed E-state index contributed by atoms with van der Waals surface area (Å²) in [6.45, 7) is 4.37. The average Bonchev–Trinajstić information content (AvgIpc) is 3.16. The first-order valence-corrected chi connectivity index (χ1v) is 16.9. The second kappa shape index (κ2) is 19.9. The molecule has 3 aromatic rings. The topological polar surface area (TPSA) is 262 Å². The van der Waals surface area contributed by atoms with Crippen molar-refractivity contribution in [3.8, 4) is 0 Å². The molecule has 0 radical (unpaired) electrons. The lowest BCUT2D eigenvalue weighted by molar-refractivity contribution is -0.383. The van der Waals surface area contributed by atoms with Gasteiger partial charge in [0.25, 0.3) is 5.69 Å². The monoisotopic (exact) mass is 817 g/mol. The fraction of sp³-hybridized carbons (Fsp3) is 0.424. The molecule has 18 nitrogen and oxygen atoms in total. The van der Waals surface area contributed by atoms with Gasteiger partial charge in [0.05, 0.1) is 4.92 Å². The third kappa shape index (κ3) is 13.3. The number of urea groups is 1. The van der Waals surface area contributed by atoms with Crippen molar-refractivity contribution >= 4 is 52.8 Å². The van der Waals surface area contributed by atoms with E-state index in [0.29, 0.717) is 18.2 Å². The summed E-state index contributed by atoms with van der Waals surface area (Å²) < 4.78 is 63.5. The van der Waals surface area contributed by atoms with Gasteiger partial charge in [0.2, 0.25) is 0 Å². The van der Waals surface area contributed by atoms with Crippen LogP contribution in [0.1, 0.15) is 48.9 Å². The summed E-state index contributed by atoms with van der Waals surface area (Å²) in [5.74, 6) is -4.12. The predicted molar refractivity (Wildman–Crippen MR) is 189 cm³/mol. The van der Waals surface area contributed by atoms with E-state index in [1.54, 1.807) is 0 Å². The Bertz CT molecular complexity index is 1890. The molecule has 1 fully saturated rings. The fourth-order valence-corrected chi connectivity index (χ4v) is 5.57. The number of aromatic nitrogens is 3. The number of carboxylic acid groups (broad SMARTS) is 3. The maximum atomic E-state index is 12.5. The Labute approximate surface area is 318 Å². The third-order valence-corrected chi connectivity index (χ3v) is 8.32. The van der Waals surface area contributed by atoms with Crippen LogP contribution in [0.3, 0.4) is 0 Å². The zero-order chi connectivity index (χ0) is 42.5. The van der Waals surface area contributed by atoms with E-state index in [-0.39, 0.29) is 17.9 Å². The molecular weight excluding hydrogens is 780 g/mol. The van der Waals surface area contributed by atoms with Gasteiger partial charge in [-0.25, -0.2) is 34.1 Å². The van der Waals surface area contributed by atoms with E-state index in [9.17, 15) is 51.2 Å². The molecule has 1 aromatic carbocycles. The summed E-state index contributed by atoms with van der Waals surface area (Å²) in [5.41, 5.74) is 2.90. The number of pyridine rings is 1. The maximum absolute atomic E-state index is 12.5. The minimum atomic E-state index is -5.08. The molecule has 0 aliphatic carbocycles. The van der Waals surface area contributed by atoms with Gasteiger partial charge in [-0.3, -0.25) is 10.1 Å². The van der Waals surface area contributed by atoms with Crippen molar-refractivity contribution in [2.75, 3.05) is 47.0 Å². The number of carboxylic acids is 3. The summed E-state index contributed by atoms with van der Waals surface area (Å²) >= 11 is 0. The number of nitrogens with zero attached hydrogens (tertiary/aromatic N) is 5. The molecule has 0 spiro atoms. The number of nitro groups is 1. The van der Waals surface area contributed by atoms with E-state index < -0.39 is 47.3 Å². The highest BCUT2D eigenvalue weighted by Crippen LogP contribution is 2.33. The van der Waals surface area contributed by atoms with Gasteiger partial charge < -0.3 is 41.5 Å². The number of nitrogens with one attached hydrogen (secondary N) is 4. The summed E-state index contributed by atoms with van der Waals surface area (Å²) in [7, 11) is 0. The van der Waals surface area contributed by atoms with Gasteiger partial charge in [-0.05, 0) is 49.8 Å². The number of piperidine rings is 1. The number of carbonyl (C=O) groups is 4. The SMILES string of the molecule is CCc1c(NCC(NC(=O)Nc2ccccc2[N+](=O)[O-])C(=O)O)ncnc1N1CCC(c2ccc3c(n2)NCCC3)CC1.O=C(O)C(F)(F)F.O=C(O)C(F)(F)F. The van der Waals surface area contributed by atoms with Gasteiger partial charge in [0.1, 0.15) is 35.5 Å². The van der Waals surface area contributed by atoms with Crippen LogP contribution in [0, 0.1) is 10.1 Å². The van der Waals surface area contributed by atoms with Crippen LogP contribution < -0.4 is 26.2 Å². The van der Waals surface area contributed by atoms with Gasteiger partial charge in [-0.2, -0.15) is 26.3 Å². The van der Waals surface area contributed by atoms with Crippen LogP contribution in [0.5, 0.6) is 0 Å². The van der Waals surface area contributed by atoms with Crippen LogP contribution in [0.15, 0.2) is 42.7 Å². The molecule has 24 heteroatoms. The minimum Gasteiger partial charge on any atom is -0.480 e. The van der Waals surface area contributed by atoms with E-state index in [0.717, 1.165) is 68.2 Å². The molecule has 2 aromatic heterocycles. The van der Waals surface area contributed by atoms with Gasteiger partial charge in [-0.15, -0.1) is 0 Å². The van der Waals surface area contributed by atoms with Crippen molar-refractivity contribution in [2.24, 2.45) is 0 Å². The number of aliphatic carboxylic acids is 3. The lowest BCUT2D eigenvalue weighted by Crippen LogP contribution is -2.47. The van der Waals surface area contributed by atoms with E-state index >= 15 is 0 Å². The van der Waals surface area contributed by atoms with E-state index in [2.05, 4.69) is 48.3 Å². The molecule has 4 heterocycles. The summed E-state index contributed by atoms with van der Waals surface area (Å²) in [4.78, 5) is 68.9. The second-order valence-corrected chi connectivity index (χ2v) is 12.2. The predicted octanol–water partition coefficient (Wildman–Crippen LogP) is 5.04. The molecule has 2 amide bonds. The number of hydrogen-bond donors (Lipinski definition) is 7. The summed E-state index contributed by atoms with van der Waals surface area (Å²) in [6.07, 6.45) is -4.05. The molecule has 5 rings (SSSR count). The lowest BCUT2D eigenvalue weighted by Gasteiger charge is -2.34. The van der Waals surface area contributed by atoms with E-state index in [1.165, 1.54) is 36.2 Å². The Morgan fingerprint density at radius 2 is 1.60 bits per heavy atom. The molecule has 0 saturated carbocycles. The van der Waals surface area contributed by atoms with Crippen molar-refractivity contribution in [1.82, 2.24) is 20.3 Å². The molecule has 1 atom stereocenters. The van der Waals surface area contributed by atoms with E-state index in [1.807, 2.05) is 6.92 Å². The van der Waals surface area contributed by atoms with Gasteiger partial charge in [0, 0.05) is 49.4 Å². The van der Waals surface area contributed by atoms with Crippen molar-refractivity contribution in [2.45, 2.75) is 63.3 Å². The lowest BCUT2D eigenvalue weighted by atomic mass is 9.92. The Morgan fingerprint density at radius 1 is 0.982 bits per heavy atom. The Hall–Kier alpha value is -6.49. The molecule has 0 bridgehead atoms. The molecule has 310 valence electrons. The average molecular weight is 818 g/mol. The fourth-order valence-electron chi connectivity index (χ4n) is 5.57. The first kappa shape index (κ1) is 44.9. The highest BCUT2D eigenvalue weighted by molar-refractivity contribution is 5.94. The van der Waals surface area contributed by atoms with E-state index in [4.69, 9.17) is 24.8 Å². The van der Waals surface area contributed by atoms with Gasteiger partial charge >= 0.3 is 36.3 Å². The number of anilines is 4.